The second-order valence-corrected chi connectivity index (χ2v) is 7.22. The molecule has 0 fully saturated rings. The highest BCUT2D eigenvalue weighted by Crippen LogP contribution is 2.21. The van der Waals surface area contributed by atoms with Crippen LogP contribution in [-0.2, 0) is 6.42 Å². The number of carbonyl (C=O) groups excluding carboxylic acids is 1. The lowest BCUT2D eigenvalue weighted by atomic mass is 10.1. The maximum atomic E-state index is 12.6. The first-order chi connectivity index (χ1) is 15.2. The van der Waals surface area contributed by atoms with Crippen molar-refractivity contribution in [1.29, 1.82) is 0 Å². The monoisotopic (exact) mass is 408 g/mol. The lowest BCUT2D eigenvalue weighted by Crippen LogP contribution is -2.14. The lowest BCUT2D eigenvalue weighted by Gasteiger charge is -2.06. The normalized spacial score (nSPS) is 11.0. The van der Waals surface area contributed by atoms with Crippen LogP contribution in [0.1, 0.15) is 16.1 Å². The SMILES string of the molecule is O=C(Nc1nc2cc(OCCc3ccccc3)ccc2[nH]1)c1cc2ccccc2cn1. The molecule has 1 amide bonds. The van der Waals surface area contributed by atoms with Gasteiger partial charge in [0.15, 0.2) is 0 Å². The summed E-state index contributed by atoms with van der Waals surface area (Å²) in [6.07, 6.45) is 2.53. The third-order valence-electron chi connectivity index (χ3n) is 5.05. The highest BCUT2D eigenvalue weighted by molar-refractivity contribution is 6.04. The first kappa shape index (κ1) is 18.8. The molecule has 0 aliphatic heterocycles. The molecule has 0 atom stereocenters. The minimum atomic E-state index is -0.316. The van der Waals surface area contributed by atoms with Crippen molar-refractivity contribution in [3.05, 3.63) is 96.3 Å². The molecule has 2 N–H and O–H groups in total. The van der Waals surface area contributed by atoms with Gasteiger partial charge in [-0.05, 0) is 29.1 Å². The zero-order chi connectivity index (χ0) is 21.0. The van der Waals surface area contributed by atoms with Crippen molar-refractivity contribution in [3.8, 4) is 5.75 Å². The van der Waals surface area contributed by atoms with Crippen molar-refractivity contribution in [2.75, 3.05) is 11.9 Å². The number of aromatic amines is 1. The Morgan fingerprint density at radius 1 is 0.935 bits per heavy atom. The molecule has 0 bridgehead atoms. The van der Waals surface area contributed by atoms with Gasteiger partial charge in [0.2, 0.25) is 5.95 Å². The molecule has 0 aliphatic carbocycles. The number of nitrogens with zero attached hydrogens (tertiary/aromatic N) is 2. The molecule has 2 aromatic heterocycles. The molecular weight excluding hydrogens is 388 g/mol. The number of rotatable bonds is 6. The van der Waals surface area contributed by atoms with E-state index in [1.54, 1.807) is 12.3 Å². The number of nitrogens with one attached hydrogen (secondary N) is 2. The Hall–Kier alpha value is -4.19. The predicted octanol–water partition coefficient (Wildman–Crippen LogP) is 4.98. The number of hydrogen-bond donors (Lipinski definition) is 2. The first-order valence-electron chi connectivity index (χ1n) is 10.1. The number of hydrogen-bond acceptors (Lipinski definition) is 4. The molecule has 0 unspecified atom stereocenters. The summed E-state index contributed by atoms with van der Waals surface area (Å²) in [6, 6.07) is 25.4. The largest absolute Gasteiger partial charge is 0.493 e. The van der Waals surface area contributed by atoms with Crippen molar-refractivity contribution < 1.29 is 9.53 Å². The van der Waals surface area contributed by atoms with Crippen LogP contribution in [0, 0.1) is 0 Å². The molecule has 0 saturated heterocycles. The topological polar surface area (TPSA) is 79.9 Å². The molecule has 0 radical (unpaired) electrons. The van der Waals surface area contributed by atoms with Crippen LogP contribution in [-0.4, -0.2) is 27.5 Å². The maximum absolute atomic E-state index is 12.6. The van der Waals surface area contributed by atoms with E-state index in [9.17, 15) is 4.79 Å². The van der Waals surface area contributed by atoms with Crippen LogP contribution in [0.4, 0.5) is 5.95 Å². The summed E-state index contributed by atoms with van der Waals surface area (Å²) in [6.45, 7) is 0.581. The number of benzene rings is 3. The standard InChI is InChI=1S/C25H20N4O2/c30-24(23-14-18-8-4-5-9-19(18)16-26-23)29-25-27-21-11-10-20(15-22(21)28-25)31-13-12-17-6-2-1-3-7-17/h1-11,14-16H,12-13H2,(H2,27,28,29,30). The summed E-state index contributed by atoms with van der Waals surface area (Å²) in [5.41, 5.74) is 3.11. The Kier molecular flexibility index (Phi) is 5.02. The summed E-state index contributed by atoms with van der Waals surface area (Å²) >= 11 is 0. The van der Waals surface area contributed by atoms with Crippen LogP contribution in [0.5, 0.6) is 5.75 Å². The molecule has 0 saturated carbocycles. The summed E-state index contributed by atoms with van der Waals surface area (Å²) < 4.78 is 5.87. The minimum Gasteiger partial charge on any atom is -0.493 e. The van der Waals surface area contributed by atoms with Gasteiger partial charge in [-0.3, -0.25) is 15.1 Å². The zero-order valence-corrected chi connectivity index (χ0v) is 16.7. The summed E-state index contributed by atoms with van der Waals surface area (Å²) in [5, 5.41) is 4.74. The van der Waals surface area contributed by atoms with Gasteiger partial charge in [0, 0.05) is 24.1 Å². The van der Waals surface area contributed by atoms with Crippen LogP contribution >= 0.6 is 0 Å². The van der Waals surface area contributed by atoms with Crippen LogP contribution in [0.2, 0.25) is 0 Å². The van der Waals surface area contributed by atoms with Crippen LogP contribution in [0.3, 0.4) is 0 Å². The van der Waals surface area contributed by atoms with Crippen molar-refractivity contribution in [3.63, 3.8) is 0 Å². The molecule has 2 heterocycles. The Morgan fingerprint density at radius 2 is 1.74 bits per heavy atom. The van der Waals surface area contributed by atoms with E-state index >= 15 is 0 Å². The summed E-state index contributed by atoms with van der Waals surface area (Å²) in [7, 11) is 0. The Labute approximate surface area is 178 Å². The Balaban J connectivity index is 1.27. The van der Waals surface area contributed by atoms with Crippen molar-refractivity contribution in [1.82, 2.24) is 15.0 Å². The molecule has 6 heteroatoms. The van der Waals surface area contributed by atoms with Gasteiger partial charge in [0.1, 0.15) is 11.4 Å². The number of amides is 1. The second-order valence-electron chi connectivity index (χ2n) is 7.22. The molecule has 5 rings (SSSR count). The van der Waals surface area contributed by atoms with E-state index in [1.807, 2.05) is 60.7 Å². The van der Waals surface area contributed by atoms with Gasteiger partial charge in [-0.25, -0.2) is 4.98 Å². The lowest BCUT2D eigenvalue weighted by molar-refractivity contribution is 0.102. The molecule has 5 aromatic rings. The van der Waals surface area contributed by atoms with Crippen LogP contribution in [0.25, 0.3) is 21.8 Å². The average molecular weight is 408 g/mol. The number of pyridine rings is 1. The second kappa shape index (κ2) is 8.28. The molecule has 31 heavy (non-hydrogen) atoms. The van der Waals surface area contributed by atoms with E-state index in [0.717, 1.165) is 34.0 Å². The van der Waals surface area contributed by atoms with E-state index in [4.69, 9.17) is 4.74 Å². The number of ether oxygens (including phenoxy) is 1. The predicted molar refractivity (Wildman–Crippen MR) is 121 cm³/mol. The number of imidazole rings is 1. The van der Waals surface area contributed by atoms with E-state index in [0.29, 0.717) is 18.2 Å². The van der Waals surface area contributed by atoms with Gasteiger partial charge in [-0.2, -0.15) is 0 Å². The first-order valence-corrected chi connectivity index (χ1v) is 10.1. The van der Waals surface area contributed by atoms with Gasteiger partial charge in [-0.1, -0.05) is 54.6 Å². The van der Waals surface area contributed by atoms with Gasteiger partial charge in [-0.15, -0.1) is 0 Å². The number of fused-ring (bicyclic) bond motifs is 2. The fourth-order valence-corrected chi connectivity index (χ4v) is 3.45. The van der Waals surface area contributed by atoms with Crippen LogP contribution < -0.4 is 10.1 Å². The van der Waals surface area contributed by atoms with Gasteiger partial charge >= 0.3 is 0 Å². The highest BCUT2D eigenvalue weighted by atomic mass is 16.5. The molecule has 0 aliphatic rings. The quantitative estimate of drug-likeness (QED) is 0.415. The minimum absolute atomic E-state index is 0.316. The van der Waals surface area contributed by atoms with E-state index in [-0.39, 0.29) is 5.91 Å². The maximum Gasteiger partial charge on any atom is 0.276 e. The van der Waals surface area contributed by atoms with Crippen LogP contribution in [0.15, 0.2) is 85.1 Å². The molecule has 6 nitrogen and oxygen atoms in total. The van der Waals surface area contributed by atoms with Gasteiger partial charge < -0.3 is 9.72 Å². The Morgan fingerprint density at radius 3 is 2.61 bits per heavy atom. The van der Waals surface area contributed by atoms with E-state index < -0.39 is 0 Å². The zero-order valence-electron chi connectivity index (χ0n) is 16.7. The van der Waals surface area contributed by atoms with Gasteiger partial charge in [0.25, 0.3) is 5.91 Å². The van der Waals surface area contributed by atoms with Gasteiger partial charge in [0.05, 0.1) is 17.6 Å². The Bertz CT molecular complexity index is 1360. The molecule has 152 valence electrons. The van der Waals surface area contributed by atoms with Crippen molar-refractivity contribution >= 4 is 33.7 Å². The summed E-state index contributed by atoms with van der Waals surface area (Å²) in [5.74, 6) is 0.796. The number of anilines is 1. The van der Waals surface area contributed by atoms with Crippen molar-refractivity contribution in [2.24, 2.45) is 0 Å². The molecule has 3 aromatic carbocycles. The smallest absolute Gasteiger partial charge is 0.276 e. The molecular formula is C25H20N4O2. The molecule has 0 spiro atoms. The average Bonchev–Trinajstić information content (AvgIpc) is 3.21. The number of H-pyrrole nitrogens is 1. The highest BCUT2D eigenvalue weighted by Gasteiger charge is 2.12. The van der Waals surface area contributed by atoms with E-state index in [2.05, 4.69) is 32.4 Å². The van der Waals surface area contributed by atoms with Crippen molar-refractivity contribution in [2.45, 2.75) is 6.42 Å². The fourth-order valence-electron chi connectivity index (χ4n) is 3.45. The number of carbonyl (C=O) groups is 1. The summed E-state index contributed by atoms with van der Waals surface area (Å²) in [4.78, 5) is 24.5. The van der Waals surface area contributed by atoms with E-state index in [1.165, 1.54) is 5.56 Å². The third kappa shape index (κ3) is 4.23. The number of aromatic nitrogens is 3. The third-order valence-corrected chi connectivity index (χ3v) is 5.05. The fraction of sp³-hybridized carbons (Fsp3) is 0.0800.